The lowest BCUT2D eigenvalue weighted by molar-refractivity contribution is -0.145. The predicted octanol–water partition coefficient (Wildman–Crippen LogP) is 1.44. The van der Waals surface area contributed by atoms with Crippen molar-refractivity contribution in [3.8, 4) is 0 Å². The molecule has 2 aliphatic rings. The van der Waals surface area contributed by atoms with Crippen LogP contribution in [0.5, 0.6) is 0 Å². The van der Waals surface area contributed by atoms with Crippen molar-refractivity contribution in [2.45, 2.75) is 57.0 Å². The highest BCUT2D eigenvalue weighted by molar-refractivity contribution is 5.79. The quantitative estimate of drug-likeness (QED) is 0.674. The molecule has 2 saturated carbocycles. The topological polar surface area (TPSA) is 66.6 Å². The first-order valence-corrected chi connectivity index (χ1v) is 6.84. The van der Waals surface area contributed by atoms with E-state index >= 15 is 0 Å². The van der Waals surface area contributed by atoms with Crippen LogP contribution in [0.25, 0.3) is 0 Å². The van der Waals surface area contributed by atoms with Crippen molar-refractivity contribution in [2.75, 3.05) is 13.1 Å². The SMILES string of the molecule is CCCCN(CC(N)(C(=O)O)C1CC1)C1CC1. The summed E-state index contributed by atoms with van der Waals surface area (Å²) in [6, 6.07) is 0.600. The summed E-state index contributed by atoms with van der Waals surface area (Å²) in [6.07, 6.45) is 6.67. The molecular weight excluding hydrogens is 216 g/mol. The van der Waals surface area contributed by atoms with E-state index in [-0.39, 0.29) is 5.92 Å². The first-order valence-electron chi connectivity index (χ1n) is 6.84. The van der Waals surface area contributed by atoms with Crippen LogP contribution < -0.4 is 5.73 Å². The van der Waals surface area contributed by atoms with Gasteiger partial charge in [0, 0.05) is 12.6 Å². The maximum Gasteiger partial charge on any atom is 0.325 e. The van der Waals surface area contributed by atoms with Gasteiger partial charge in [-0.15, -0.1) is 0 Å². The molecule has 2 fully saturated rings. The van der Waals surface area contributed by atoms with Gasteiger partial charge in [-0.05, 0) is 44.6 Å². The first-order chi connectivity index (χ1) is 8.08. The van der Waals surface area contributed by atoms with Crippen molar-refractivity contribution in [3.05, 3.63) is 0 Å². The Morgan fingerprint density at radius 3 is 2.47 bits per heavy atom. The average Bonchev–Trinajstić information content (AvgIpc) is 3.16. The highest BCUT2D eigenvalue weighted by Crippen LogP contribution is 2.40. The van der Waals surface area contributed by atoms with Gasteiger partial charge in [0.2, 0.25) is 0 Å². The van der Waals surface area contributed by atoms with Crippen LogP contribution in [0, 0.1) is 5.92 Å². The van der Waals surface area contributed by atoms with Crippen molar-refractivity contribution in [1.82, 2.24) is 4.90 Å². The van der Waals surface area contributed by atoms with Crippen molar-refractivity contribution in [2.24, 2.45) is 11.7 Å². The second-order valence-corrected chi connectivity index (χ2v) is 5.67. The van der Waals surface area contributed by atoms with Gasteiger partial charge in [-0.25, -0.2) is 0 Å². The largest absolute Gasteiger partial charge is 0.480 e. The fourth-order valence-electron chi connectivity index (χ4n) is 2.50. The van der Waals surface area contributed by atoms with E-state index in [2.05, 4.69) is 11.8 Å². The number of rotatable bonds is 8. The fraction of sp³-hybridized carbons (Fsp3) is 0.923. The van der Waals surface area contributed by atoms with Crippen molar-refractivity contribution in [3.63, 3.8) is 0 Å². The van der Waals surface area contributed by atoms with Crippen molar-refractivity contribution < 1.29 is 9.90 Å². The smallest absolute Gasteiger partial charge is 0.325 e. The Bertz CT molecular complexity index is 287. The molecule has 0 aromatic carbocycles. The molecule has 0 aromatic rings. The van der Waals surface area contributed by atoms with E-state index in [1.807, 2.05) is 0 Å². The van der Waals surface area contributed by atoms with Crippen molar-refractivity contribution in [1.29, 1.82) is 0 Å². The number of nitrogens with zero attached hydrogens (tertiary/aromatic N) is 1. The van der Waals surface area contributed by atoms with E-state index in [1.54, 1.807) is 0 Å². The minimum atomic E-state index is -1.00. The summed E-state index contributed by atoms with van der Waals surface area (Å²) in [5.41, 5.74) is 5.14. The number of hydrogen-bond donors (Lipinski definition) is 2. The zero-order valence-electron chi connectivity index (χ0n) is 10.7. The molecule has 0 amide bonds. The molecule has 1 unspecified atom stereocenters. The van der Waals surface area contributed by atoms with Crippen LogP contribution in [0.15, 0.2) is 0 Å². The van der Waals surface area contributed by atoms with Gasteiger partial charge in [-0.3, -0.25) is 9.69 Å². The summed E-state index contributed by atoms with van der Waals surface area (Å²) in [7, 11) is 0. The normalized spacial score (nSPS) is 23.7. The summed E-state index contributed by atoms with van der Waals surface area (Å²) in [5.74, 6) is -0.620. The molecule has 0 saturated heterocycles. The van der Waals surface area contributed by atoms with Gasteiger partial charge in [0.15, 0.2) is 0 Å². The Kier molecular flexibility index (Phi) is 3.73. The van der Waals surface area contributed by atoms with Gasteiger partial charge in [0.25, 0.3) is 0 Å². The molecule has 0 radical (unpaired) electrons. The molecule has 0 heterocycles. The molecule has 4 heteroatoms. The molecule has 2 rings (SSSR count). The fourth-order valence-corrected chi connectivity index (χ4v) is 2.50. The van der Waals surface area contributed by atoms with E-state index in [9.17, 15) is 9.90 Å². The molecule has 17 heavy (non-hydrogen) atoms. The summed E-state index contributed by atoms with van der Waals surface area (Å²) >= 11 is 0. The predicted molar refractivity (Wildman–Crippen MR) is 66.8 cm³/mol. The van der Waals surface area contributed by atoms with Gasteiger partial charge < -0.3 is 10.8 Å². The zero-order valence-corrected chi connectivity index (χ0v) is 10.7. The number of carbonyl (C=O) groups is 1. The second-order valence-electron chi connectivity index (χ2n) is 5.67. The molecule has 4 nitrogen and oxygen atoms in total. The van der Waals surface area contributed by atoms with Gasteiger partial charge in [-0.1, -0.05) is 13.3 Å². The molecule has 2 aliphatic carbocycles. The molecule has 0 aliphatic heterocycles. The highest BCUT2D eigenvalue weighted by Gasteiger charge is 2.50. The third-order valence-electron chi connectivity index (χ3n) is 4.03. The van der Waals surface area contributed by atoms with E-state index in [0.29, 0.717) is 12.6 Å². The Hall–Kier alpha value is -0.610. The standard InChI is InChI=1S/C13H24N2O2/c1-2-3-8-15(11-6-7-11)9-13(14,12(16)17)10-4-5-10/h10-11H,2-9,14H2,1H3,(H,16,17). The molecule has 98 valence electrons. The van der Waals surface area contributed by atoms with E-state index in [0.717, 1.165) is 32.2 Å². The van der Waals surface area contributed by atoms with Gasteiger partial charge in [-0.2, -0.15) is 0 Å². The first kappa shape index (κ1) is 12.8. The second kappa shape index (κ2) is 4.94. The van der Waals surface area contributed by atoms with Gasteiger partial charge in [0.1, 0.15) is 5.54 Å². The third-order valence-corrected chi connectivity index (χ3v) is 4.03. The van der Waals surface area contributed by atoms with Crippen LogP contribution in [0.2, 0.25) is 0 Å². The lowest BCUT2D eigenvalue weighted by Crippen LogP contribution is -2.58. The van der Waals surface area contributed by atoms with Crippen LogP contribution in [-0.2, 0) is 4.79 Å². The molecular formula is C13H24N2O2. The molecule has 0 bridgehead atoms. The number of carboxylic acid groups (broad SMARTS) is 1. The number of unbranched alkanes of at least 4 members (excludes halogenated alkanes) is 1. The Labute approximate surface area is 103 Å². The average molecular weight is 240 g/mol. The lowest BCUT2D eigenvalue weighted by atomic mass is 9.93. The monoisotopic (exact) mass is 240 g/mol. The zero-order chi connectivity index (χ0) is 12.5. The lowest BCUT2D eigenvalue weighted by Gasteiger charge is -2.32. The van der Waals surface area contributed by atoms with Crippen LogP contribution in [0.4, 0.5) is 0 Å². The van der Waals surface area contributed by atoms with Gasteiger partial charge >= 0.3 is 5.97 Å². The summed E-state index contributed by atoms with van der Waals surface area (Å²) in [6.45, 7) is 3.71. The van der Waals surface area contributed by atoms with E-state index in [1.165, 1.54) is 12.8 Å². The summed E-state index contributed by atoms with van der Waals surface area (Å²) < 4.78 is 0. The maximum absolute atomic E-state index is 11.4. The third kappa shape index (κ3) is 2.99. The molecule has 0 spiro atoms. The summed E-state index contributed by atoms with van der Waals surface area (Å²) in [4.78, 5) is 13.7. The van der Waals surface area contributed by atoms with Crippen molar-refractivity contribution >= 4 is 5.97 Å². The Balaban J connectivity index is 1.96. The molecule has 0 aromatic heterocycles. The number of carboxylic acids is 1. The summed E-state index contributed by atoms with van der Waals surface area (Å²) in [5, 5.41) is 9.37. The minimum Gasteiger partial charge on any atom is -0.480 e. The van der Waals surface area contributed by atoms with Gasteiger partial charge in [0.05, 0.1) is 0 Å². The molecule has 1 atom stereocenters. The van der Waals surface area contributed by atoms with Crippen LogP contribution in [0.1, 0.15) is 45.4 Å². The van der Waals surface area contributed by atoms with Crippen LogP contribution in [0.3, 0.4) is 0 Å². The van der Waals surface area contributed by atoms with Crippen LogP contribution >= 0.6 is 0 Å². The maximum atomic E-state index is 11.4. The minimum absolute atomic E-state index is 0.197. The van der Waals surface area contributed by atoms with E-state index < -0.39 is 11.5 Å². The number of nitrogens with two attached hydrogens (primary N) is 1. The Morgan fingerprint density at radius 2 is 2.06 bits per heavy atom. The number of hydrogen-bond acceptors (Lipinski definition) is 3. The van der Waals surface area contributed by atoms with Crippen LogP contribution in [-0.4, -0.2) is 40.6 Å². The Morgan fingerprint density at radius 1 is 1.41 bits per heavy atom. The molecule has 3 N–H and O–H groups in total. The number of aliphatic carboxylic acids is 1. The highest BCUT2D eigenvalue weighted by atomic mass is 16.4. The van der Waals surface area contributed by atoms with E-state index in [4.69, 9.17) is 5.73 Å².